The number of ether oxygens (including phenoxy) is 3. The van der Waals surface area contributed by atoms with E-state index < -0.39 is 18.0 Å². The Labute approximate surface area is 167 Å². The van der Waals surface area contributed by atoms with Gasteiger partial charge in [0.25, 0.3) is 0 Å². The third kappa shape index (κ3) is 4.25. The number of hydrogen-bond acceptors (Lipinski definition) is 5. The lowest BCUT2D eigenvalue weighted by Crippen LogP contribution is -2.46. The molecule has 1 atom stereocenters. The summed E-state index contributed by atoms with van der Waals surface area (Å²) >= 11 is 12.6. The molecular weight excluding hydrogens is 395 g/mol. The summed E-state index contributed by atoms with van der Waals surface area (Å²) in [6.07, 6.45) is 1.23. The van der Waals surface area contributed by atoms with E-state index in [0.717, 1.165) is 6.42 Å². The molecule has 1 heterocycles. The third-order valence-corrected chi connectivity index (χ3v) is 4.65. The highest BCUT2D eigenvalue weighted by atomic mass is 35.5. The first kappa shape index (κ1) is 21.2. The van der Waals surface area contributed by atoms with E-state index in [2.05, 4.69) is 10.6 Å². The van der Waals surface area contributed by atoms with Crippen molar-refractivity contribution in [3.63, 3.8) is 0 Å². The molecule has 1 aliphatic rings. The van der Waals surface area contributed by atoms with E-state index in [1.165, 1.54) is 14.2 Å². The Morgan fingerprint density at radius 1 is 1.19 bits per heavy atom. The van der Waals surface area contributed by atoms with Gasteiger partial charge < -0.3 is 24.8 Å². The number of halogens is 2. The maximum Gasteiger partial charge on any atom is 0.338 e. The largest absolute Gasteiger partial charge is 0.495 e. The second-order valence-corrected chi connectivity index (χ2v) is 6.51. The van der Waals surface area contributed by atoms with Gasteiger partial charge in [-0.15, -0.1) is 0 Å². The van der Waals surface area contributed by atoms with Gasteiger partial charge in [0.15, 0.2) is 5.75 Å². The quantitative estimate of drug-likeness (QED) is 0.656. The molecule has 0 spiro atoms. The summed E-state index contributed by atoms with van der Waals surface area (Å²) in [6, 6.07) is 0.279. The van der Waals surface area contributed by atoms with Crippen LogP contribution in [0.1, 0.15) is 38.3 Å². The monoisotopic (exact) mass is 416 g/mol. The van der Waals surface area contributed by atoms with E-state index >= 15 is 0 Å². The van der Waals surface area contributed by atoms with Crippen molar-refractivity contribution in [3.8, 4) is 11.5 Å². The minimum atomic E-state index is -0.838. The number of rotatable bonds is 7. The molecule has 0 bridgehead atoms. The fraction of sp³-hybridized carbons (Fsp3) is 0.444. The molecule has 9 heteroatoms. The van der Waals surface area contributed by atoms with Gasteiger partial charge in [0.2, 0.25) is 0 Å². The van der Waals surface area contributed by atoms with Crippen molar-refractivity contribution in [2.45, 2.75) is 32.7 Å². The molecule has 2 rings (SSSR count). The van der Waals surface area contributed by atoms with Gasteiger partial charge in [-0.25, -0.2) is 9.59 Å². The first-order valence-electron chi connectivity index (χ1n) is 8.46. The van der Waals surface area contributed by atoms with Crippen molar-refractivity contribution in [1.29, 1.82) is 0 Å². The molecule has 0 aliphatic carbocycles. The van der Waals surface area contributed by atoms with Gasteiger partial charge in [-0.05, 0) is 19.4 Å². The van der Waals surface area contributed by atoms with Crippen LogP contribution in [0, 0.1) is 0 Å². The minimum absolute atomic E-state index is 0.149. The minimum Gasteiger partial charge on any atom is -0.495 e. The number of allylic oxidation sites excluding steroid dienone is 1. The van der Waals surface area contributed by atoms with Crippen LogP contribution in [0.15, 0.2) is 17.3 Å². The van der Waals surface area contributed by atoms with Crippen LogP contribution in [0.4, 0.5) is 4.79 Å². The summed E-state index contributed by atoms with van der Waals surface area (Å²) in [4.78, 5) is 24.9. The van der Waals surface area contributed by atoms with E-state index in [9.17, 15) is 9.59 Å². The molecule has 0 saturated carbocycles. The maximum absolute atomic E-state index is 12.7. The summed E-state index contributed by atoms with van der Waals surface area (Å²) in [5.74, 6) is -0.0408. The van der Waals surface area contributed by atoms with Crippen LogP contribution in [-0.4, -0.2) is 32.8 Å². The summed E-state index contributed by atoms with van der Waals surface area (Å²) in [7, 11) is 2.86. The number of urea groups is 1. The van der Waals surface area contributed by atoms with Gasteiger partial charge in [0.05, 0.1) is 37.5 Å². The van der Waals surface area contributed by atoms with Crippen LogP contribution in [0.3, 0.4) is 0 Å². The van der Waals surface area contributed by atoms with Crippen LogP contribution in [0.2, 0.25) is 10.0 Å². The standard InChI is InChI=1S/C18H22Cl2N2O5/c1-5-7-11-12(17(23)27-6-2)14(22-18(24)21-11)9-8-10(19)16(26-4)13(20)15(9)25-3/h8,14H,5-7H2,1-4H3,(H2,21,22,24). The molecule has 2 amide bonds. The van der Waals surface area contributed by atoms with E-state index in [4.69, 9.17) is 37.4 Å². The second-order valence-electron chi connectivity index (χ2n) is 5.72. The zero-order chi connectivity index (χ0) is 20.1. The molecule has 148 valence electrons. The van der Waals surface area contributed by atoms with Gasteiger partial charge in [0, 0.05) is 11.3 Å². The SMILES string of the molecule is CCCC1=C(C(=O)OCC)C(c2cc(Cl)c(OC)c(Cl)c2OC)NC(=O)N1. The molecule has 2 N–H and O–H groups in total. The summed E-state index contributed by atoms with van der Waals surface area (Å²) in [6.45, 7) is 3.85. The topological polar surface area (TPSA) is 85.9 Å². The van der Waals surface area contributed by atoms with Gasteiger partial charge >= 0.3 is 12.0 Å². The summed E-state index contributed by atoms with van der Waals surface area (Å²) in [5.41, 5.74) is 1.21. The first-order valence-corrected chi connectivity index (χ1v) is 9.22. The number of nitrogens with one attached hydrogen (secondary N) is 2. The Morgan fingerprint density at radius 3 is 2.41 bits per heavy atom. The zero-order valence-corrected chi connectivity index (χ0v) is 17.1. The lowest BCUT2D eigenvalue weighted by Gasteiger charge is -2.30. The van der Waals surface area contributed by atoms with E-state index in [0.29, 0.717) is 17.7 Å². The highest BCUT2D eigenvalue weighted by molar-refractivity contribution is 6.38. The molecule has 1 unspecified atom stereocenters. The Morgan fingerprint density at radius 2 is 1.85 bits per heavy atom. The Hall–Kier alpha value is -2.12. The van der Waals surface area contributed by atoms with E-state index in [1.807, 2.05) is 6.92 Å². The zero-order valence-electron chi connectivity index (χ0n) is 15.6. The number of hydrogen-bond donors (Lipinski definition) is 2. The molecule has 0 aromatic heterocycles. The van der Waals surface area contributed by atoms with Crippen molar-refractivity contribution in [2.24, 2.45) is 0 Å². The molecular formula is C18H22Cl2N2O5. The van der Waals surface area contributed by atoms with Crippen molar-refractivity contribution >= 4 is 35.2 Å². The van der Waals surface area contributed by atoms with Gasteiger partial charge in [-0.1, -0.05) is 36.5 Å². The Kier molecular flexibility index (Phi) is 7.21. The smallest absolute Gasteiger partial charge is 0.338 e. The highest BCUT2D eigenvalue weighted by Crippen LogP contribution is 2.46. The molecule has 27 heavy (non-hydrogen) atoms. The predicted octanol–water partition coefficient (Wildman–Crippen LogP) is 3.98. The molecule has 1 aromatic carbocycles. The average molecular weight is 417 g/mol. The highest BCUT2D eigenvalue weighted by Gasteiger charge is 2.36. The van der Waals surface area contributed by atoms with Crippen LogP contribution >= 0.6 is 23.2 Å². The van der Waals surface area contributed by atoms with Crippen LogP contribution in [0.5, 0.6) is 11.5 Å². The number of carbonyl (C=O) groups is 2. The van der Waals surface area contributed by atoms with Gasteiger partial charge in [-0.3, -0.25) is 0 Å². The Balaban J connectivity index is 2.71. The summed E-state index contributed by atoms with van der Waals surface area (Å²) < 4.78 is 15.8. The van der Waals surface area contributed by atoms with Crippen molar-refractivity contribution in [2.75, 3.05) is 20.8 Å². The molecule has 1 aromatic rings. The fourth-order valence-corrected chi connectivity index (χ4v) is 3.66. The average Bonchev–Trinajstić information content (AvgIpc) is 2.61. The number of carbonyl (C=O) groups excluding carboxylic acids is 2. The Bertz CT molecular complexity index is 780. The normalized spacial score (nSPS) is 16.5. The van der Waals surface area contributed by atoms with Crippen molar-refractivity contribution < 1.29 is 23.8 Å². The first-order chi connectivity index (χ1) is 12.9. The van der Waals surface area contributed by atoms with Crippen LogP contribution in [-0.2, 0) is 9.53 Å². The third-order valence-electron chi connectivity index (χ3n) is 4.03. The van der Waals surface area contributed by atoms with Crippen LogP contribution < -0.4 is 20.1 Å². The molecule has 0 radical (unpaired) electrons. The van der Waals surface area contributed by atoms with E-state index in [-0.39, 0.29) is 33.7 Å². The lowest BCUT2D eigenvalue weighted by molar-refractivity contribution is -0.139. The summed E-state index contributed by atoms with van der Waals surface area (Å²) in [5, 5.41) is 5.80. The van der Waals surface area contributed by atoms with Gasteiger partial charge in [-0.2, -0.15) is 0 Å². The molecule has 0 fully saturated rings. The van der Waals surface area contributed by atoms with E-state index in [1.54, 1.807) is 13.0 Å². The number of benzene rings is 1. The second kappa shape index (κ2) is 9.19. The molecule has 7 nitrogen and oxygen atoms in total. The van der Waals surface area contributed by atoms with Crippen LogP contribution in [0.25, 0.3) is 0 Å². The van der Waals surface area contributed by atoms with Gasteiger partial charge in [0.1, 0.15) is 10.8 Å². The lowest BCUT2D eigenvalue weighted by atomic mass is 9.93. The molecule has 1 aliphatic heterocycles. The number of esters is 1. The fourth-order valence-electron chi connectivity index (χ4n) is 2.96. The number of methoxy groups -OCH3 is 2. The molecule has 0 saturated heterocycles. The predicted molar refractivity (Wildman–Crippen MR) is 103 cm³/mol. The maximum atomic E-state index is 12.7. The van der Waals surface area contributed by atoms with Crippen molar-refractivity contribution in [1.82, 2.24) is 10.6 Å². The number of amides is 2. The van der Waals surface area contributed by atoms with Crippen molar-refractivity contribution in [3.05, 3.63) is 32.9 Å².